The van der Waals surface area contributed by atoms with Gasteiger partial charge in [0.2, 0.25) is 5.13 Å². The Morgan fingerprint density at radius 1 is 1.47 bits per heavy atom. The van der Waals surface area contributed by atoms with E-state index in [4.69, 9.17) is 5.11 Å². The van der Waals surface area contributed by atoms with Crippen LogP contribution in [0.2, 0.25) is 0 Å². The molecule has 4 nitrogen and oxygen atoms in total. The largest absolute Gasteiger partial charge is 0.396 e. The summed E-state index contributed by atoms with van der Waals surface area (Å²) in [5, 5.41) is 13.3. The first-order valence-corrected chi connectivity index (χ1v) is 7.08. The van der Waals surface area contributed by atoms with Crippen LogP contribution in [0.25, 0.3) is 0 Å². The van der Waals surface area contributed by atoms with Gasteiger partial charge in [-0.05, 0) is 30.6 Å². The molecule has 0 unspecified atom stereocenters. The lowest BCUT2D eigenvalue weighted by Crippen LogP contribution is -2.16. The van der Waals surface area contributed by atoms with Crippen molar-refractivity contribution in [1.29, 1.82) is 0 Å². The average molecular weight is 255 g/mol. The highest BCUT2D eigenvalue weighted by molar-refractivity contribution is 7.09. The van der Waals surface area contributed by atoms with Crippen molar-refractivity contribution in [3.05, 3.63) is 5.82 Å². The Hall–Kier alpha value is -0.680. The van der Waals surface area contributed by atoms with E-state index in [0.717, 1.165) is 30.3 Å². The zero-order valence-corrected chi connectivity index (χ0v) is 11.4. The van der Waals surface area contributed by atoms with E-state index in [1.165, 1.54) is 24.4 Å². The molecule has 0 radical (unpaired) electrons. The van der Waals surface area contributed by atoms with Crippen LogP contribution in [0, 0.1) is 11.3 Å². The molecule has 2 N–H and O–H groups in total. The molecule has 0 atom stereocenters. The number of nitrogens with zero attached hydrogens (tertiary/aromatic N) is 2. The number of nitrogens with one attached hydrogen (secondary N) is 1. The quantitative estimate of drug-likeness (QED) is 0.785. The number of rotatable bonds is 7. The van der Waals surface area contributed by atoms with Crippen LogP contribution in [0.15, 0.2) is 0 Å². The van der Waals surface area contributed by atoms with Crippen molar-refractivity contribution in [2.75, 3.05) is 18.5 Å². The third kappa shape index (κ3) is 3.64. The molecule has 1 saturated carbocycles. The Labute approximate surface area is 107 Å². The summed E-state index contributed by atoms with van der Waals surface area (Å²) in [6.45, 7) is 5.56. The van der Waals surface area contributed by atoms with Crippen molar-refractivity contribution in [3.63, 3.8) is 0 Å². The van der Waals surface area contributed by atoms with Crippen LogP contribution in [-0.4, -0.2) is 27.6 Å². The molecule has 1 aliphatic carbocycles. The van der Waals surface area contributed by atoms with Gasteiger partial charge in [0.25, 0.3) is 0 Å². The van der Waals surface area contributed by atoms with Gasteiger partial charge in [0.05, 0.1) is 0 Å². The van der Waals surface area contributed by atoms with Crippen LogP contribution < -0.4 is 5.32 Å². The molecule has 1 aromatic heterocycles. The Kier molecular flexibility index (Phi) is 3.99. The lowest BCUT2D eigenvalue weighted by molar-refractivity contribution is 0.253. The van der Waals surface area contributed by atoms with E-state index >= 15 is 0 Å². The summed E-state index contributed by atoms with van der Waals surface area (Å²) in [7, 11) is 0. The minimum absolute atomic E-state index is 0.288. The predicted molar refractivity (Wildman–Crippen MR) is 70.3 cm³/mol. The molecule has 1 aliphatic rings. The van der Waals surface area contributed by atoms with E-state index < -0.39 is 0 Å². The highest BCUT2D eigenvalue weighted by Crippen LogP contribution is 2.48. The van der Waals surface area contributed by atoms with Gasteiger partial charge in [-0.1, -0.05) is 13.8 Å². The normalized spacial score (nSPS) is 17.4. The summed E-state index contributed by atoms with van der Waals surface area (Å²) < 4.78 is 4.34. The minimum Gasteiger partial charge on any atom is -0.396 e. The van der Waals surface area contributed by atoms with Gasteiger partial charge in [-0.2, -0.15) is 4.37 Å². The molecular formula is C12H21N3OS. The van der Waals surface area contributed by atoms with E-state index in [2.05, 4.69) is 28.5 Å². The van der Waals surface area contributed by atoms with Gasteiger partial charge in [-0.25, -0.2) is 4.98 Å². The Morgan fingerprint density at radius 3 is 2.82 bits per heavy atom. The molecule has 0 saturated heterocycles. The van der Waals surface area contributed by atoms with Gasteiger partial charge in [-0.3, -0.25) is 0 Å². The third-order valence-corrected chi connectivity index (χ3v) is 3.98. The molecule has 17 heavy (non-hydrogen) atoms. The van der Waals surface area contributed by atoms with Crippen molar-refractivity contribution in [2.24, 2.45) is 11.3 Å². The highest BCUT2D eigenvalue weighted by Gasteiger charge is 2.41. The first-order chi connectivity index (χ1) is 8.13. The number of aromatic nitrogens is 2. The van der Waals surface area contributed by atoms with Gasteiger partial charge in [0.15, 0.2) is 0 Å². The zero-order valence-electron chi connectivity index (χ0n) is 10.6. The maximum Gasteiger partial charge on any atom is 0.202 e. The second-order valence-electron chi connectivity index (χ2n) is 5.44. The smallest absolute Gasteiger partial charge is 0.202 e. The van der Waals surface area contributed by atoms with E-state index in [9.17, 15) is 0 Å². The maximum atomic E-state index is 8.99. The van der Waals surface area contributed by atoms with Gasteiger partial charge in [0, 0.05) is 31.1 Å². The van der Waals surface area contributed by atoms with Gasteiger partial charge >= 0.3 is 0 Å². The standard InChI is InChI=1S/C12H21N3OS/c1-9(2)7-10-14-11(17-15-10)13-8-12(3-4-12)5-6-16/h9,16H,3-8H2,1-2H3,(H,13,14,15). The van der Waals surface area contributed by atoms with Crippen LogP contribution >= 0.6 is 11.5 Å². The van der Waals surface area contributed by atoms with Crippen LogP contribution in [0.4, 0.5) is 5.13 Å². The molecule has 1 heterocycles. The highest BCUT2D eigenvalue weighted by atomic mass is 32.1. The molecule has 1 aromatic rings. The molecule has 0 spiro atoms. The lowest BCUT2D eigenvalue weighted by atomic mass is 10.0. The fraction of sp³-hybridized carbons (Fsp3) is 0.833. The first kappa shape index (κ1) is 12.8. The van der Waals surface area contributed by atoms with E-state index in [1.54, 1.807) is 0 Å². The minimum atomic E-state index is 0.288. The van der Waals surface area contributed by atoms with Crippen LogP contribution in [0.1, 0.15) is 38.9 Å². The van der Waals surface area contributed by atoms with Crippen molar-refractivity contribution >= 4 is 16.7 Å². The number of hydrogen-bond donors (Lipinski definition) is 2. The van der Waals surface area contributed by atoms with Crippen molar-refractivity contribution in [1.82, 2.24) is 9.36 Å². The van der Waals surface area contributed by atoms with Crippen LogP contribution in [-0.2, 0) is 6.42 Å². The lowest BCUT2D eigenvalue weighted by Gasteiger charge is -2.13. The summed E-state index contributed by atoms with van der Waals surface area (Å²) in [6.07, 6.45) is 4.29. The molecule has 2 rings (SSSR count). The SMILES string of the molecule is CC(C)Cc1nsc(NCC2(CCO)CC2)n1. The maximum absolute atomic E-state index is 8.99. The Bertz CT molecular complexity index is 360. The molecule has 5 heteroatoms. The molecule has 0 amide bonds. The number of aliphatic hydroxyl groups excluding tert-OH is 1. The van der Waals surface area contributed by atoms with Crippen LogP contribution in [0.3, 0.4) is 0 Å². The number of hydrogen-bond acceptors (Lipinski definition) is 5. The topological polar surface area (TPSA) is 58.0 Å². The van der Waals surface area contributed by atoms with E-state index in [-0.39, 0.29) is 6.61 Å². The van der Waals surface area contributed by atoms with Crippen LogP contribution in [0.5, 0.6) is 0 Å². The van der Waals surface area contributed by atoms with Crippen molar-refractivity contribution in [3.8, 4) is 0 Å². The van der Waals surface area contributed by atoms with Gasteiger partial charge in [-0.15, -0.1) is 0 Å². The second-order valence-corrected chi connectivity index (χ2v) is 6.19. The fourth-order valence-corrected chi connectivity index (χ4v) is 2.56. The van der Waals surface area contributed by atoms with Crippen molar-refractivity contribution in [2.45, 2.75) is 39.5 Å². The van der Waals surface area contributed by atoms with Gasteiger partial charge < -0.3 is 10.4 Å². The Balaban J connectivity index is 1.81. The van der Waals surface area contributed by atoms with E-state index in [1.807, 2.05) is 0 Å². The summed E-state index contributed by atoms with van der Waals surface area (Å²) >= 11 is 1.44. The number of aliphatic hydroxyl groups is 1. The van der Waals surface area contributed by atoms with Crippen molar-refractivity contribution < 1.29 is 5.11 Å². The molecule has 96 valence electrons. The first-order valence-electron chi connectivity index (χ1n) is 6.31. The monoisotopic (exact) mass is 255 g/mol. The fourth-order valence-electron chi connectivity index (χ4n) is 1.97. The summed E-state index contributed by atoms with van der Waals surface area (Å²) in [5.41, 5.74) is 0.332. The molecule has 0 aromatic carbocycles. The predicted octanol–water partition coefficient (Wildman–Crippen LogP) is 2.31. The molecule has 0 bridgehead atoms. The summed E-state index contributed by atoms with van der Waals surface area (Å²) in [6, 6.07) is 0. The third-order valence-electron chi connectivity index (χ3n) is 3.27. The molecule has 0 aliphatic heterocycles. The zero-order chi connectivity index (χ0) is 12.3. The second kappa shape index (κ2) is 5.31. The van der Waals surface area contributed by atoms with Gasteiger partial charge in [0.1, 0.15) is 5.82 Å². The number of anilines is 1. The Morgan fingerprint density at radius 2 is 2.24 bits per heavy atom. The molecule has 1 fully saturated rings. The average Bonchev–Trinajstić information content (AvgIpc) is 2.88. The summed E-state index contributed by atoms with van der Waals surface area (Å²) in [5.74, 6) is 1.54. The summed E-state index contributed by atoms with van der Waals surface area (Å²) in [4.78, 5) is 4.48. The molecular weight excluding hydrogens is 234 g/mol. The van der Waals surface area contributed by atoms with E-state index in [0.29, 0.717) is 11.3 Å².